The molecule has 0 spiro atoms. The van der Waals surface area contributed by atoms with Gasteiger partial charge in [-0.15, -0.1) is 0 Å². The van der Waals surface area contributed by atoms with E-state index in [0.717, 1.165) is 54.6 Å². The van der Waals surface area contributed by atoms with Crippen LogP contribution in [0.2, 0.25) is 0 Å². The lowest BCUT2D eigenvalue weighted by Crippen LogP contribution is -2.44. The van der Waals surface area contributed by atoms with E-state index in [9.17, 15) is 4.79 Å². The Morgan fingerprint density at radius 3 is 2.67 bits per heavy atom. The summed E-state index contributed by atoms with van der Waals surface area (Å²) in [5.74, 6) is 1.55. The molecule has 2 aliphatic rings. The number of fused-ring (bicyclic) bond motifs is 1. The van der Waals surface area contributed by atoms with Crippen molar-refractivity contribution >= 4 is 17.3 Å². The summed E-state index contributed by atoms with van der Waals surface area (Å²) in [6.07, 6.45) is 1.09. The van der Waals surface area contributed by atoms with Gasteiger partial charge in [-0.2, -0.15) is 0 Å². The van der Waals surface area contributed by atoms with Crippen LogP contribution in [0, 0.1) is 0 Å². The fourth-order valence-corrected chi connectivity index (χ4v) is 3.47. The second kappa shape index (κ2) is 7.88. The number of para-hydroxylation sites is 2. The Hall–Kier alpha value is -2.73. The summed E-state index contributed by atoms with van der Waals surface area (Å²) in [5, 5.41) is 3.09. The summed E-state index contributed by atoms with van der Waals surface area (Å²) < 4.78 is 10.7. The number of hydrogen-bond donors (Lipinski definition) is 1. The Labute approximate surface area is 159 Å². The summed E-state index contributed by atoms with van der Waals surface area (Å²) in [6, 6.07) is 13.9. The molecule has 4 rings (SSSR count). The van der Waals surface area contributed by atoms with E-state index in [1.165, 1.54) is 0 Å². The fraction of sp³-hybridized carbons (Fsp3) is 0.381. The SMILES string of the molecule is CN1CCN(c2ccccc2NC(=O)CCc2ccc3c(c2)OCO3)CC1. The number of benzene rings is 2. The minimum absolute atomic E-state index is 0.0224. The number of amides is 1. The van der Waals surface area contributed by atoms with Crippen molar-refractivity contribution in [1.82, 2.24) is 4.90 Å². The summed E-state index contributed by atoms with van der Waals surface area (Å²) >= 11 is 0. The van der Waals surface area contributed by atoms with E-state index >= 15 is 0 Å². The zero-order chi connectivity index (χ0) is 18.6. The molecule has 1 saturated heterocycles. The first kappa shape index (κ1) is 17.7. The van der Waals surface area contributed by atoms with E-state index < -0.39 is 0 Å². The van der Waals surface area contributed by atoms with Gasteiger partial charge in [0.25, 0.3) is 0 Å². The van der Waals surface area contributed by atoms with Gasteiger partial charge in [0.15, 0.2) is 11.5 Å². The number of anilines is 2. The number of ether oxygens (including phenoxy) is 2. The van der Waals surface area contributed by atoms with Crippen molar-refractivity contribution in [2.45, 2.75) is 12.8 Å². The Balaban J connectivity index is 1.37. The normalized spacial score (nSPS) is 16.4. The van der Waals surface area contributed by atoms with E-state index in [4.69, 9.17) is 9.47 Å². The van der Waals surface area contributed by atoms with Crippen LogP contribution >= 0.6 is 0 Å². The number of hydrogen-bond acceptors (Lipinski definition) is 5. The lowest BCUT2D eigenvalue weighted by Gasteiger charge is -2.35. The summed E-state index contributed by atoms with van der Waals surface area (Å²) in [7, 11) is 2.14. The average Bonchev–Trinajstić information content (AvgIpc) is 3.15. The van der Waals surface area contributed by atoms with Gasteiger partial charge in [-0.05, 0) is 43.3 Å². The highest BCUT2D eigenvalue weighted by molar-refractivity contribution is 5.94. The topological polar surface area (TPSA) is 54.0 Å². The standard InChI is InChI=1S/C21H25N3O3/c1-23-10-12-24(13-11-23)18-5-3-2-4-17(18)22-21(25)9-7-16-6-8-19-20(14-16)27-15-26-19/h2-6,8,14H,7,9-13,15H2,1H3,(H,22,25). The molecule has 2 aliphatic heterocycles. The second-order valence-electron chi connectivity index (χ2n) is 7.04. The van der Waals surface area contributed by atoms with E-state index in [1.807, 2.05) is 36.4 Å². The van der Waals surface area contributed by atoms with Crippen molar-refractivity contribution in [3.8, 4) is 11.5 Å². The minimum Gasteiger partial charge on any atom is -0.454 e. The highest BCUT2D eigenvalue weighted by Crippen LogP contribution is 2.33. The average molecular weight is 367 g/mol. The molecule has 0 atom stereocenters. The van der Waals surface area contributed by atoms with Gasteiger partial charge in [-0.1, -0.05) is 18.2 Å². The van der Waals surface area contributed by atoms with Crippen molar-refractivity contribution in [3.05, 3.63) is 48.0 Å². The minimum atomic E-state index is 0.0224. The van der Waals surface area contributed by atoms with Crippen LogP contribution in [0.3, 0.4) is 0 Å². The molecule has 6 heteroatoms. The molecule has 2 heterocycles. The first-order valence-corrected chi connectivity index (χ1v) is 9.40. The second-order valence-corrected chi connectivity index (χ2v) is 7.04. The van der Waals surface area contributed by atoms with Gasteiger partial charge in [0.2, 0.25) is 12.7 Å². The largest absolute Gasteiger partial charge is 0.454 e. The van der Waals surface area contributed by atoms with E-state index in [-0.39, 0.29) is 12.7 Å². The molecule has 0 aliphatic carbocycles. The van der Waals surface area contributed by atoms with Crippen LogP contribution in [0.4, 0.5) is 11.4 Å². The van der Waals surface area contributed by atoms with Crippen LogP contribution in [0.25, 0.3) is 0 Å². The first-order valence-electron chi connectivity index (χ1n) is 9.40. The summed E-state index contributed by atoms with van der Waals surface area (Å²) in [6.45, 7) is 4.28. The summed E-state index contributed by atoms with van der Waals surface area (Å²) in [5.41, 5.74) is 3.06. The molecule has 0 unspecified atom stereocenters. The van der Waals surface area contributed by atoms with E-state index in [1.54, 1.807) is 0 Å². The Bertz CT molecular complexity index is 816. The Morgan fingerprint density at radius 2 is 1.81 bits per heavy atom. The molecular formula is C21H25N3O3. The molecule has 142 valence electrons. The van der Waals surface area contributed by atoms with Crippen LogP contribution in [-0.4, -0.2) is 50.8 Å². The Morgan fingerprint density at radius 1 is 1.04 bits per heavy atom. The molecule has 2 aromatic carbocycles. The van der Waals surface area contributed by atoms with Crippen LogP contribution in [-0.2, 0) is 11.2 Å². The molecule has 1 amide bonds. The number of nitrogens with zero attached hydrogens (tertiary/aromatic N) is 2. The van der Waals surface area contributed by atoms with Gasteiger partial charge >= 0.3 is 0 Å². The number of likely N-dealkylation sites (N-methyl/N-ethyl adjacent to an activating group) is 1. The van der Waals surface area contributed by atoms with Gasteiger partial charge in [-0.3, -0.25) is 4.79 Å². The number of nitrogens with one attached hydrogen (secondary N) is 1. The molecule has 1 fully saturated rings. The van der Waals surface area contributed by atoms with Crippen molar-refractivity contribution in [2.75, 3.05) is 50.2 Å². The number of carbonyl (C=O) groups is 1. The lowest BCUT2D eigenvalue weighted by atomic mass is 10.1. The highest BCUT2D eigenvalue weighted by Gasteiger charge is 2.18. The maximum absolute atomic E-state index is 12.5. The van der Waals surface area contributed by atoms with Crippen LogP contribution in [0.15, 0.2) is 42.5 Å². The molecule has 1 N–H and O–H groups in total. The van der Waals surface area contributed by atoms with Gasteiger partial charge in [0.05, 0.1) is 11.4 Å². The van der Waals surface area contributed by atoms with Gasteiger partial charge in [0.1, 0.15) is 0 Å². The highest BCUT2D eigenvalue weighted by atomic mass is 16.7. The maximum atomic E-state index is 12.5. The van der Waals surface area contributed by atoms with Crippen LogP contribution in [0.5, 0.6) is 11.5 Å². The lowest BCUT2D eigenvalue weighted by molar-refractivity contribution is -0.116. The van der Waals surface area contributed by atoms with E-state index in [0.29, 0.717) is 12.8 Å². The van der Waals surface area contributed by atoms with Crippen molar-refractivity contribution in [3.63, 3.8) is 0 Å². The van der Waals surface area contributed by atoms with Crippen molar-refractivity contribution < 1.29 is 14.3 Å². The smallest absolute Gasteiger partial charge is 0.231 e. The van der Waals surface area contributed by atoms with Gasteiger partial charge in [-0.25, -0.2) is 0 Å². The van der Waals surface area contributed by atoms with Gasteiger partial charge in [0, 0.05) is 32.6 Å². The third-order valence-corrected chi connectivity index (χ3v) is 5.10. The monoisotopic (exact) mass is 367 g/mol. The number of aryl methyl sites for hydroxylation is 1. The number of piperazine rings is 1. The third-order valence-electron chi connectivity index (χ3n) is 5.10. The van der Waals surface area contributed by atoms with E-state index in [2.05, 4.69) is 28.2 Å². The fourth-order valence-electron chi connectivity index (χ4n) is 3.47. The number of carbonyl (C=O) groups excluding carboxylic acids is 1. The van der Waals surface area contributed by atoms with Crippen LogP contribution < -0.4 is 19.7 Å². The third kappa shape index (κ3) is 4.17. The molecule has 2 aromatic rings. The number of rotatable bonds is 5. The quantitative estimate of drug-likeness (QED) is 0.881. The van der Waals surface area contributed by atoms with Crippen molar-refractivity contribution in [2.24, 2.45) is 0 Å². The van der Waals surface area contributed by atoms with Gasteiger partial charge < -0.3 is 24.6 Å². The molecule has 0 bridgehead atoms. The molecule has 0 radical (unpaired) electrons. The first-order chi connectivity index (χ1) is 13.2. The van der Waals surface area contributed by atoms with Crippen molar-refractivity contribution in [1.29, 1.82) is 0 Å². The zero-order valence-corrected chi connectivity index (χ0v) is 15.6. The zero-order valence-electron chi connectivity index (χ0n) is 15.6. The van der Waals surface area contributed by atoms with Crippen LogP contribution in [0.1, 0.15) is 12.0 Å². The molecule has 0 aromatic heterocycles. The molecule has 27 heavy (non-hydrogen) atoms. The summed E-state index contributed by atoms with van der Waals surface area (Å²) in [4.78, 5) is 17.2. The predicted octanol–water partition coefficient (Wildman–Crippen LogP) is 2.74. The predicted molar refractivity (Wildman–Crippen MR) is 106 cm³/mol. The molecular weight excluding hydrogens is 342 g/mol. The molecule has 0 saturated carbocycles. The molecule has 6 nitrogen and oxygen atoms in total. The maximum Gasteiger partial charge on any atom is 0.231 e. The Kier molecular flexibility index (Phi) is 5.16.